The number of aliphatic hydroxyl groups excluding tert-OH is 3. The maximum atomic E-state index is 11.6. The topological polar surface area (TPSA) is 105 Å². The van der Waals surface area contributed by atoms with Crippen molar-refractivity contribution in [3.8, 4) is 0 Å². The van der Waals surface area contributed by atoms with Gasteiger partial charge in [-0.3, -0.25) is 0 Å². The van der Waals surface area contributed by atoms with Gasteiger partial charge in [-0.05, 0) is 77.2 Å². The van der Waals surface area contributed by atoms with Gasteiger partial charge >= 0.3 is 5.97 Å². The Balaban J connectivity index is 1.12. The van der Waals surface area contributed by atoms with Crippen LogP contribution < -0.4 is 0 Å². The summed E-state index contributed by atoms with van der Waals surface area (Å²) in [6.07, 6.45) is 25.9. The minimum Gasteiger partial charge on any atom is -0.455 e. The molecular weight excluding hydrogens is 556 g/mol. The normalized spacial score (nSPS) is 27.4. The lowest BCUT2D eigenvalue weighted by molar-refractivity contribution is -0.139. The van der Waals surface area contributed by atoms with E-state index in [9.17, 15) is 20.1 Å². The van der Waals surface area contributed by atoms with E-state index in [1.54, 1.807) is 0 Å². The molecule has 2 saturated heterocycles. The third-order valence-corrected chi connectivity index (χ3v) is 10.1. The summed E-state index contributed by atoms with van der Waals surface area (Å²) >= 11 is 0. The van der Waals surface area contributed by atoms with Crippen LogP contribution in [0.4, 0.5) is 0 Å². The summed E-state index contributed by atoms with van der Waals surface area (Å²) in [7, 11) is 0. The van der Waals surface area contributed by atoms with Gasteiger partial charge in [-0.1, -0.05) is 96.8 Å². The van der Waals surface area contributed by atoms with Crippen molar-refractivity contribution >= 4 is 5.97 Å². The fourth-order valence-electron chi connectivity index (χ4n) is 7.26. The molecule has 7 heteroatoms. The molecule has 0 radical (unpaired) electrons. The predicted molar refractivity (Wildman–Crippen MR) is 175 cm³/mol. The third kappa shape index (κ3) is 14.2. The van der Waals surface area contributed by atoms with Gasteiger partial charge in [0.25, 0.3) is 0 Å². The van der Waals surface area contributed by atoms with E-state index in [2.05, 4.69) is 6.92 Å². The summed E-state index contributed by atoms with van der Waals surface area (Å²) in [6.45, 7) is 4.06. The largest absolute Gasteiger partial charge is 0.455 e. The fourth-order valence-corrected chi connectivity index (χ4v) is 7.26. The standard InChI is InChI=1S/C37H66O7/c1-3-4-19-30(38)20-15-13-17-22-32(40)34-24-26-36(44-34)35-25-23-33(43-35)31(39)21-16-12-10-8-6-5-7-9-11-14-18-29-27-28(2)42-37(29)41/h27-28,30-36,38-40H,3-26H2,1-2H3/t28-,30-,31+,32+,33+,34+,35+,36+/m0/s1. The Morgan fingerprint density at radius 2 is 1.11 bits per heavy atom. The minimum absolute atomic E-state index is 0.0351. The summed E-state index contributed by atoms with van der Waals surface area (Å²) in [5.74, 6) is -0.123. The number of esters is 1. The van der Waals surface area contributed by atoms with Crippen LogP contribution >= 0.6 is 0 Å². The zero-order chi connectivity index (χ0) is 31.6. The SMILES string of the molecule is CCCC[C@H](O)CCCCC[C@@H](O)[C@H]1CC[C@H]([C@H]2CC[C@H]([C@H](O)CCCCCCCCCCCCC3=C[C@H](C)OC3=O)O2)O1. The van der Waals surface area contributed by atoms with Gasteiger partial charge < -0.3 is 29.5 Å². The number of unbranched alkanes of at least 4 members (excludes halogenated alkanes) is 12. The van der Waals surface area contributed by atoms with Crippen molar-refractivity contribution in [2.75, 3.05) is 0 Å². The van der Waals surface area contributed by atoms with Crippen LogP contribution in [-0.2, 0) is 19.0 Å². The molecule has 0 aromatic heterocycles. The van der Waals surface area contributed by atoms with Crippen molar-refractivity contribution in [1.29, 1.82) is 0 Å². The highest BCUT2D eigenvalue weighted by molar-refractivity contribution is 5.90. The monoisotopic (exact) mass is 622 g/mol. The summed E-state index contributed by atoms with van der Waals surface area (Å²) in [5.41, 5.74) is 0.864. The van der Waals surface area contributed by atoms with Gasteiger partial charge in [0.1, 0.15) is 6.10 Å². The molecule has 0 amide bonds. The Kier molecular flexibility index (Phi) is 18.5. The summed E-state index contributed by atoms with van der Waals surface area (Å²) in [4.78, 5) is 11.6. The van der Waals surface area contributed by atoms with Crippen molar-refractivity contribution in [3.63, 3.8) is 0 Å². The molecule has 3 heterocycles. The van der Waals surface area contributed by atoms with Crippen LogP contribution in [0.25, 0.3) is 0 Å². The number of hydrogen-bond acceptors (Lipinski definition) is 7. The molecule has 2 fully saturated rings. The number of carbonyl (C=O) groups excluding carboxylic acids is 1. The van der Waals surface area contributed by atoms with Crippen LogP contribution in [0.1, 0.15) is 168 Å². The molecule has 0 bridgehead atoms. The molecule has 0 unspecified atom stereocenters. The van der Waals surface area contributed by atoms with Crippen LogP contribution in [0.15, 0.2) is 11.6 Å². The fraction of sp³-hybridized carbons (Fsp3) is 0.919. The molecule has 0 spiro atoms. The molecule has 0 aromatic carbocycles. The van der Waals surface area contributed by atoms with E-state index in [1.165, 1.54) is 51.4 Å². The smallest absolute Gasteiger partial charge is 0.334 e. The average molecular weight is 623 g/mol. The Hall–Kier alpha value is -0.990. The molecule has 256 valence electrons. The summed E-state index contributed by atoms with van der Waals surface area (Å²) in [5, 5.41) is 31.4. The van der Waals surface area contributed by atoms with Crippen molar-refractivity contribution in [3.05, 3.63) is 11.6 Å². The lowest BCUT2D eigenvalue weighted by Gasteiger charge is -2.24. The summed E-state index contributed by atoms with van der Waals surface area (Å²) in [6, 6.07) is 0. The third-order valence-electron chi connectivity index (χ3n) is 10.1. The highest BCUT2D eigenvalue weighted by atomic mass is 16.6. The number of rotatable bonds is 25. The first-order chi connectivity index (χ1) is 21.4. The lowest BCUT2D eigenvalue weighted by Crippen LogP contribution is -2.33. The second-order valence-electron chi connectivity index (χ2n) is 14.0. The number of cyclic esters (lactones) is 1. The van der Waals surface area contributed by atoms with Gasteiger partial charge in [0.05, 0.1) is 42.7 Å². The maximum absolute atomic E-state index is 11.6. The van der Waals surface area contributed by atoms with Crippen LogP contribution in [0, 0.1) is 0 Å². The molecule has 3 N–H and O–H groups in total. The Bertz CT molecular complexity index is 801. The molecule has 0 aliphatic carbocycles. The second-order valence-corrected chi connectivity index (χ2v) is 14.0. The molecular formula is C37H66O7. The van der Waals surface area contributed by atoms with Gasteiger partial charge in [-0.2, -0.15) is 0 Å². The quantitative estimate of drug-likeness (QED) is 0.0703. The van der Waals surface area contributed by atoms with E-state index in [-0.39, 0.29) is 42.6 Å². The van der Waals surface area contributed by atoms with Crippen LogP contribution in [-0.4, -0.2) is 70.1 Å². The van der Waals surface area contributed by atoms with Gasteiger partial charge in [-0.15, -0.1) is 0 Å². The average Bonchev–Trinajstić information content (AvgIpc) is 3.76. The zero-order valence-corrected chi connectivity index (χ0v) is 28.1. The van der Waals surface area contributed by atoms with Gasteiger partial charge in [-0.25, -0.2) is 4.79 Å². The highest BCUT2D eigenvalue weighted by Gasteiger charge is 2.40. The molecule has 3 aliphatic rings. The molecule has 8 atom stereocenters. The van der Waals surface area contributed by atoms with E-state index in [0.29, 0.717) is 0 Å². The van der Waals surface area contributed by atoms with Gasteiger partial charge in [0.2, 0.25) is 0 Å². The van der Waals surface area contributed by atoms with E-state index in [4.69, 9.17) is 14.2 Å². The number of carbonyl (C=O) groups is 1. The number of ether oxygens (including phenoxy) is 3. The zero-order valence-electron chi connectivity index (χ0n) is 28.1. The van der Waals surface area contributed by atoms with Gasteiger partial charge in [0, 0.05) is 5.57 Å². The van der Waals surface area contributed by atoms with E-state index < -0.39 is 12.2 Å². The Labute approximate surface area is 268 Å². The lowest BCUT2D eigenvalue weighted by atomic mass is 10.00. The molecule has 44 heavy (non-hydrogen) atoms. The van der Waals surface area contributed by atoms with E-state index in [0.717, 1.165) is 108 Å². The molecule has 0 aromatic rings. The molecule has 7 nitrogen and oxygen atoms in total. The van der Waals surface area contributed by atoms with Crippen molar-refractivity contribution in [1.82, 2.24) is 0 Å². The summed E-state index contributed by atoms with van der Waals surface area (Å²) < 4.78 is 17.7. The first-order valence-electron chi connectivity index (χ1n) is 18.6. The Morgan fingerprint density at radius 1 is 0.659 bits per heavy atom. The maximum Gasteiger partial charge on any atom is 0.334 e. The minimum atomic E-state index is -0.426. The van der Waals surface area contributed by atoms with E-state index >= 15 is 0 Å². The molecule has 0 saturated carbocycles. The molecule has 3 rings (SSSR count). The first kappa shape index (κ1) is 37.5. The number of hydrogen-bond donors (Lipinski definition) is 3. The van der Waals surface area contributed by atoms with Crippen LogP contribution in [0.3, 0.4) is 0 Å². The Morgan fingerprint density at radius 3 is 1.61 bits per heavy atom. The van der Waals surface area contributed by atoms with Gasteiger partial charge in [0.15, 0.2) is 0 Å². The van der Waals surface area contributed by atoms with Crippen molar-refractivity contribution in [2.45, 2.75) is 217 Å². The van der Waals surface area contributed by atoms with Crippen LogP contribution in [0.2, 0.25) is 0 Å². The van der Waals surface area contributed by atoms with Crippen molar-refractivity contribution < 1.29 is 34.3 Å². The molecule has 3 aliphatic heterocycles. The highest BCUT2D eigenvalue weighted by Crippen LogP contribution is 2.34. The van der Waals surface area contributed by atoms with Crippen LogP contribution in [0.5, 0.6) is 0 Å². The second kappa shape index (κ2) is 21.7. The first-order valence-corrected chi connectivity index (χ1v) is 18.6. The van der Waals surface area contributed by atoms with E-state index in [1.807, 2.05) is 13.0 Å². The number of aliphatic hydroxyl groups is 3. The van der Waals surface area contributed by atoms with Crippen molar-refractivity contribution in [2.24, 2.45) is 0 Å². The predicted octanol–water partition coefficient (Wildman–Crippen LogP) is 7.86.